The number of ether oxygens (including phenoxy) is 1. The third-order valence-corrected chi connectivity index (χ3v) is 11.5. The molecule has 0 N–H and O–H groups in total. The number of rotatable bonds is 7. The summed E-state index contributed by atoms with van der Waals surface area (Å²) in [6, 6.07) is 0. The minimum Gasteiger partial charge on any atom is -0.466 e. The molecule has 4 rings (SSSR count). The summed E-state index contributed by atoms with van der Waals surface area (Å²) in [7, 11) is 0. The van der Waals surface area contributed by atoms with Gasteiger partial charge in [-0.2, -0.15) is 0 Å². The van der Waals surface area contributed by atoms with Crippen LogP contribution in [0.15, 0.2) is 11.6 Å². The predicted octanol–water partition coefficient (Wildman–Crippen LogP) is 12.3. The molecule has 3 fully saturated rings. The minimum absolute atomic E-state index is 0.00590. The van der Waals surface area contributed by atoms with Crippen LogP contribution < -0.4 is 0 Å². The van der Waals surface area contributed by atoms with E-state index in [0.29, 0.717) is 29.8 Å². The molecule has 0 spiro atoms. The van der Waals surface area contributed by atoms with E-state index in [2.05, 4.69) is 40.7 Å². The van der Waals surface area contributed by atoms with Gasteiger partial charge in [-0.1, -0.05) is 108 Å². The van der Waals surface area contributed by atoms with Gasteiger partial charge in [0.2, 0.25) is 0 Å². The van der Waals surface area contributed by atoms with Crippen LogP contribution in [0.5, 0.6) is 0 Å². The van der Waals surface area contributed by atoms with Gasteiger partial charge in [-0.05, 0) is 117 Å². The van der Waals surface area contributed by atoms with Crippen molar-refractivity contribution >= 4 is 5.97 Å². The number of hydrogen-bond donors (Lipinski definition) is 0. The summed E-state index contributed by atoms with van der Waals surface area (Å²) in [6.45, 7) is 31.0. The van der Waals surface area contributed by atoms with Crippen molar-refractivity contribution in [2.75, 3.05) is 6.61 Å². The van der Waals surface area contributed by atoms with Crippen LogP contribution in [0.1, 0.15) is 168 Å². The van der Waals surface area contributed by atoms with Gasteiger partial charge >= 0.3 is 5.97 Å². The van der Waals surface area contributed by atoms with Gasteiger partial charge in [0, 0.05) is 6.42 Å². The maximum Gasteiger partial charge on any atom is 0.305 e. The van der Waals surface area contributed by atoms with Crippen LogP contribution in [-0.4, -0.2) is 12.6 Å². The molecule has 4 aliphatic rings. The van der Waals surface area contributed by atoms with Crippen molar-refractivity contribution in [3.8, 4) is 0 Å². The fourth-order valence-electron chi connectivity index (χ4n) is 9.26. The van der Waals surface area contributed by atoms with Crippen LogP contribution in [0.4, 0.5) is 0 Å². The zero-order chi connectivity index (χ0) is 31.1. The third-order valence-electron chi connectivity index (χ3n) is 11.5. The summed E-state index contributed by atoms with van der Waals surface area (Å²) in [5.74, 6) is 5.88. The smallest absolute Gasteiger partial charge is 0.305 e. The second kappa shape index (κ2) is 19.4. The second-order valence-corrected chi connectivity index (χ2v) is 12.7. The van der Waals surface area contributed by atoms with Gasteiger partial charge in [-0.15, -0.1) is 0 Å². The quantitative estimate of drug-likeness (QED) is 0.228. The normalized spacial score (nSPS) is 34.9. The lowest BCUT2D eigenvalue weighted by Crippen LogP contribution is -2.50. The average molecular weight is 563 g/mol. The summed E-state index contributed by atoms with van der Waals surface area (Å²) in [6.07, 6.45) is 16.9. The molecule has 40 heavy (non-hydrogen) atoms. The molecule has 3 saturated carbocycles. The van der Waals surface area contributed by atoms with E-state index < -0.39 is 0 Å². The Morgan fingerprint density at radius 2 is 1.50 bits per heavy atom. The molecular weight excluding hydrogens is 488 g/mol. The summed E-state index contributed by atoms with van der Waals surface area (Å²) in [5, 5.41) is 0. The molecule has 0 saturated heterocycles. The molecule has 0 heterocycles. The highest BCUT2D eigenvalue weighted by atomic mass is 16.5. The molecule has 238 valence electrons. The van der Waals surface area contributed by atoms with Gasteiger partial charge < -0.3 is 4.74 Å². The number of allylic oxidation sites excluding steroid dienone is 2. The molecule has 0 radical (unpaired) electrons. The monoisotopic (exact) mass is 563 g/mol. The van der Waals surface area contributed by atoms with Crippen molar-refractivity contribution in [2.45, 2.75) is 168 Å². The SMILES string of the molecule is CC.CC.CC.CC.CCOC(=O)CC[C@@H](C)C1CC[C@H]2C3CC=C4CC(C(C)CC)CCC4(C)C3CCC12C. The van der Waals surface area contributed by atoms with Crippen LogP contribution in [0.25, 0.3) is 0 Å². The maximum absolute atomic E-state index is 11.9. The number of fused-ring (bicyclic) bond motifs is 5. The first-order chi connectivity index (χ1) is 19.2. The second-order valence-electron chi connectivity index (χ2n) is 12.7. The highest BCUT2D eigenvalue weighted by Crippen LogP contribution is 2.67. The average Bonchev–Trinajstić information content (AvgIpc) is 3.36. The zero-order valence-corrected chi connectivity index (χ0v) is 29.9. The van der Waals surface area contributed by atoms with Gasteiger partial charge in [0.05, 0.1) is 6.61 Å². The Hall–Kier alpha value is -0.790. The van der Waals surface area contributed by atoms with E-state index in [0.717, 1.165) is 41.9 Å². The minimum atomic E-state index is -0.00590. The lowest BCUT2D eigenvalue weighted by atomic mass is 9.46. The molecule has 0 aliphatic heterocycles. The number of carbonyl (C=O) groups is 1. The topological polar surface area (TPSA) is 26.3 Å². The van der Waals surface area contributed by atoms with Gasteiger partial charge in [0.15, 0.2) is 0 Å². The highest BCUT2D eigenvalue weighted by molar-refractivity contribution is 5.69. The number of carbonyl (C=O) groups excluding carboxylic acids is 1. The van der Waals surface area contributed by atoms with Crippen LogP contribution in [0.2, 0.25) is 0 Å². The Morgan fingerprint density at radius 1 is 0.875 bits per heavy atom. The van der Waals surface area contributed by atoms with E-state index in [1.165, 1.54) is 57.8 Å². The van der Waals surface area contributed by atoms with Gasteiger partial charge in [-0.25, -0.2) is 0 Å². The highest BCUT2D eigenvalue weighted by Gasteiger charge is 2.59. The first kappa shape index (κ1) is 39.2. The Bertz CT molecular complexity index is 710. The zero-order valence-electron chi connectivity index (χ0n) is 29.9. The van der Waals surface area contributed by atoms with Crippen LogP contribution >= 0.6 is 0 Å². The molecule has 0 aromatic carbocycles. The summed E-state index contributed by atoms with van der Waals surface area (Å²) in [5.41, 5.74) is 2.79. The molecule has 4 aliphatic carbocycles. The molecule has 2 nitrogen and oxygen atoms in total. The Labute approximate surface area is 253 Å². The first-order valence-electron chi connectivity index (χ1n) is 18.1. The van der Waals surface area contributed by atoms with Gasteiger partial charge in [0.25, 0.3) is 0 Å². The molecular formula is C38H74O2. The van der Waals surface area contributed by atoms with Crippen molar-refractivity contribution < 1.29 is 9.53 Å². The Kier molecular flexibility index (Phi) is 19.0. The van der Waals surface area contributed by atoms with Crippen LogP contribution in [0.3, 0.4) is 0 Å². The molecule has 7 unspecified atom stereocenters. The molecule has 0 aromatic heterocycles. The molecule has 0 aromatic rings. The summed E-state index contributed by atoms with van der Waals surface area (Å²) < 4.78 is 5.20. The van der Waals surface area contributed by atoms with Crippen molar-refractivity contribution in [2.24, 2.45) is 52.3 Å². The number of hydrogen-bond acceptors (Lipinski definition) is 2. The summed E-state index contributed by atoms with van der Waals surface area (Å²) in [4.78, 5) is 11.9. The first-order valence-corrected chi connectivity index (χ1v) is 18.1. The van der Waals surface area contributed by atoms with Crippen molar-refractivity contribution in [1.82, 2.24) is 0 Å². The fraction of sp³-hybridized carbons (Fsp3) is 0.921. The lowest BCUT2D eigenvalue weighted by molar-refractivity contribution is -0.143. The van der Waals surface area contributed by atoms with E-state index in [-0.39, 0.29) is 5.97 Å². The van der Waals surface area contributed by atoms with Crippen LogP contribution in [-0.2, 0) is 9.53 Å². The van der Waals surface area contributed by atoms with Crippen LogP contribution in [0, 0.1) is 52.3 Å². The van der Waals surface area contributed by atoms with Crippen molar-refractivity contribution in [3.05, 3.63) is 11.6 Å². The molecule has 0 amide bonds. The van der Waals surface area contributed by atoms with Crippen molar-refractivity contribution in [1.29, 1.82) is 0 Å². The molecule has 2 heteroatoms. The summed E-state index contributed by atoms with van der Waals surface area (Å²) >= 11 is 0. The van der Waals surface area contributed by atoms with E-state index in [1.54, 1.807) is 0 Å². The van der Waals surface area contributed by atoms with E-state index >= 15 is 0 Å². The fourth-order valence-corrected chi connectivity index (χ4v) is 9.26. The predicted molar refractivity (Wildman–Crippen MR) is 179 cm³/mol. The Balaban J connectivity index is 0.00000175. The van der Waals surface area contributed by atoms with E-state index in [4.69, 9.17) is 4.74 Å². The van der Waals surface area contributed by atoms with Gasteiger partial charge in [0.1, 0.15) is 0 Å². The standard InChI is InChI=1S/C30H50O2.4C2H6/c1-7-20(3)22-15-17-29(5)23(19-22)10-11-24-26-13-12-25(30(26,6)18-16-27(24)29)21(4)9-14-28(31)32-8-2;4*1-2/h10,20-22,24-27H,7-9,11-19H2,1-6H3;4*1-2H3/t20?,21-,22?,24?,25?,26+,27?,29?,30?;;;;/m1..../s1. The van der Waals surface area contributed by atoms with Crippen molar-refractivity contribution in [3.63, 3.8) is 0 Å². The Morgan fingerprint density at radius 3 is 2.08 bits per heavy atom. The molecule has 0 bridgehead atoms. The third kappa shape index (κ3) is 8.63. The van der Waals surface area contributed by atoms with Gasteiger partial charge in [-0.3, -0.25) is 4.79 Å². The largest absolute Gasteiger partial charge is 0.466 e. The maximum atomic E-state index is 11.9. The lowest BCUT2D eigenvalue weighted by Gasteiger charge is -2.59. The van der Waals surface area contributed by atoms with E-state index in [9.17, 15) is 4.79 Å². The molecule has 9 atom stereocenters. The number of esters is 1. The van der Waals surface area contributed by atoms with E-state index in [1.807, 2.05) is 67.9 Å².